The molecule has 0 spiro atoms. The third-order valence-electron chi connectivity index (χ3n) is 3.70. The highest BCUT2D eigenvalue weighted by Gasteiger charge is 2.34. The van der Waals surface area contributed by atoms with Crippen molar-refractivity contribution in [3.8, 4) is 0 Å². The van der Waals surface area contributed by atoms with Crippen molar-refractivity contribution in [3.63, 3.8) is 0 Å². The summed E-state index contributed by atoms with van der Waals surface area (Å²) in [4.78, 5) is 1.94. The topological polar surface area (TPSA) is 29.3 Å². The molecule has 0 aromatic heterocycles. The van der Waals surface area contributed by atoms with Crippen molar-refractivity contribution >= 4 is 5.69 Å². The zero-order valence-electron chi connectivity index (χ0n) is 11.5. The quantitative estimate of drug-likeness (QED) is 0.856. The lowest BCUT2D eigenvalue weighted by Gasteiger charge is -2.29. The number of benzene rings is 1. The first-order valence-corrected chi connectivity index (χ1v) is 6.78. The molecule has 0 saturated heterocycles. The molecule has 2 rings (SSSR count). The highest BCUT2D eigenvalue weighted by molar-refractivity contribution is 5.50. The van der Waals surface area contributed by atoms with Crippen LogP contribution in [0.15, 0.2) is 35.9 Å². The Labute approximate surface area is 117 Å². The van der Waals surface area contributed by atoms with Crippen LogP contribution in [0.4, 0.5) is 18.9 Å². The summed E-state index contributed by atoms with van der Waals surface area (Å²) in [5, 5.41) is 0. The van der Waals surface area contributed by atoms with Crippen LogP contribution < -0.4 is 10.6 Å². The van der Waals surface area contributed by atoms with Crippen LogP contribution in [0.2, 0.25) is 0 Å². The summed E-state index contributed by atoms with van der Waals surface area (Å²) in [5.41, 5.74) is 7.52. The summed E-state index contributed by atoms with van der Waals surface area (Å²) in [6, 6.07) is 7.77. The average Bonchev–Trinajstić information content (AvgIpc) is 2.46. The Morgan fingerprint density at radius 3 is 2.35 bits per heavy atom. The van der Waals surface area contributed by atoms with Crippen molar-refractivity contribution in [1.82, 2.24) is 0 Å². The van der Waals surface area contributed by atoms with Gasteiger partial charge in [0.2, 0.25) is 0 Å². The van der Waals surface area contributed by atoms with E-state index in [-0.39, 0.29) is 12.5 Å². The molecule has 1 aliphatic heterocycles. The van der Waals surface area contributed by atoms with E-state index < -0.39 is 11.7 Å². The van der Waals surface area contributed by atoms with Crippen LogP contribution in [0.3, 0.4) is 0 Å². The number of hydrogen-bond donors (Lipinski definition) is 1. The van der Waals surface area contributed by atoms with Gasteiger partial charge in [0.25, 0.3) is 0 Å². The summed E-state index contributed by atoms with van der Waals surface area (Å²) in [6.07, 6.45) is -2.01. The smallest absolute Gasteiger partial charge is 0.367 e. The Morgan fingerprint density at radius 1 is 1.25 bits per heavy atom. The first-order valence-electron chi connectivity index (χ1n) is 6.78. The minimum Gasteiger partial charge on any atom is -0.367 e. The molecule has 0 radical (unpaired) electrons. The van der Waals surface area contributed by atoms with E-state index in [1.54, 1.807) is 0 Å². The molecule has 0 aliphatic carbocycles. The Bertz CT molecular complexity index is 477. The molecule has 0 saturated carbocycles. The van der Waals surface area contributed by atoms with Crippen molar-refractivity contribution < 1.29 is 13.2 Å². The molecule has 1 heterocycles. The van der Waals surface area contributed by atoms with Gasteiger partial charge in [0, 0.05) is 30.4 Å². The minimum absolute atomic E-state index is 0.0159. The van der Waals surface area contributed by atoms with Gasteiger partial charge in [-0.05, 0) is 30.5 Å². The predicted molar refractivity (Wildman–Crippen MR) is 74.6 cm³/mol. The molecule has 0 bridgehead atoms. The lowest BCUT2D eigenvalue weighted by atomic mass is 10.0. The maximum Gasteiger partial charge on any atom is 0.412 e. The molecule has 0 fully saturated rings. The average molecular weight is 284 g/mol. The number of nitrogens with two attached hydrogens (primary N) is 1. The van der Waals surface area contributed by atoms with Crippen LogP contribution in [-0.4, -0.2) is 19.3 Å². The van der Waals surface area contributed by atoms with Crippen LogP contribution in [0.25, 0.3) is 0 Å². The molecule has 2 nitrogen and oxygen atoms in total. The number of hydrogen-bond acceptors (Lipinski definition) is 2. The second kappa shape index (κ2) is 5.87. The monoisotopic (exact) mass is 284 g/mol. The fourth-order valence-electron chi connectivity index (χ4n) is 2.33. The summed E-state index contributed by atoms with van der Waals surface area (Å²) >= 11 is 0. The van der Waals surface area contributed by atoms with Gasteiger partial charge in [-0.15, -0.1) is 0 Å². The largest absolute Gasteiger partial charge is 0.412 e. The standard InChI is InChI=1S/C15H19F3N2/c1-2-14(19)11-3-5-13(6-4-11)20-9-7-12(8-10-20)15(16,17)18/h3-7,14H,2,8-10,19H2,1H3/t14-/m1/s1. The van der Waals surface area contributed by atoms with E-state index in [0.29, 0.717) is 13.1 Å². The van der Waals surface area contributed by atoms with Crippen molar-refractivity contribution in [2.75, 3.05) is 18.0 Å². The number of anilines is 1. The molecule has 20 heavy (non-hydrogen) atoms. The van der Waals surface area contributed by atoms with Gasteiger partial charge in [-0.2, -0.15) is 13.2 Å². The Kier molecular flexibility index (Phi) is 4.38. The lowest BCUT2D eigenvalue weighted by Crippen LogP contribution is -2.31. The van der Waals surface area contributed by atoms with Crippen LogP contribution in [-0.2, 0) is 0 Å². The maximum atomic E-state index is 12.6. The number of rotatable bonds is 3. The fourth-order valence-corrected chi connectivity index (χ4v) is 2.33. The van der Waals surface area contributed by atoms with Crippen LogP contribution in [0.1, 0.15) is 31.4 Å². The van der Waals surface area contributed by atoms with Gasteiger partial charge >= 0.3 is 6.18 Å². The number of nitrogens with zero attached hydrogens (tertiary/aromatic N) is 1. The Hall–Kier alpha value is -1.49. The number of alkyl halides is 3. The highest BCUT2D eigenvalue weighted by atomic mass is 19.4. The maximum absolute atomic E-state index is 12.6. The normalized spacial score (nSPS) is 17.9. The summed E-state index contributed by atoms with van der Waals surface area (Å²) in [5.74, 6) is 0. The molecule has 0 amide bonds. The van der Waals surface area contributed by atoms with Crippen molar-refractivity contribution in [1.29, 1.82) is 0 Å². The fraction of sp³-hybridized carbons (Fsp3) is 0.467. The van der Waals surface area contributed by atoms with E-state index in [9.17, 15) is 13.2 Å². The second-order valence-electron chi connectivity index (χ2n) is 5.03. The van der Waals surface area contributed by atoms with Gasteiger partial charge in [0.05, 0.1) is 0 Å². The molecule has 5 heteroatoms. The third-order valence-corrected chi connectivity index (χ3v) is 3.70. The molecular weight excluding hydrogens is 265 g/mol. The van der Waals surface area contributed by atoms with E-state index in [1.807, 2.05) is 36.1 Å². The van der Waals surface area contributed by atoms with Crippen molar-refractivity contribution in [2.24, 2.45) is 5.73 Å². The van der Waals surface area contributed by atoms with E-state index >= 15 is 0 Å². The summed E-state index contributed by atoms with van der Waals surface area (Å²) in [6.45, 7) is 2.71. The van der Waals surface area contributed by atoms with Gasteiger partial charge in [0.15, 0.2) is 0 Å². The van der Waals surface area contributed by atoms with Crippen molar-refractivity contribution in [2.45, 2.75) is 32.0 Å². The van der Waals surface area contributed by atoms with E-state index in [1.165, 1.54) is 6.08 Å². The summed E-state index contributed by atoms with van der Waals surface area (Å²) in [7, 11) is 0. The SMILES string of the molecule is CC[C@@H](N)c1ccc(N2CC=C(C(F)(F)F)CC2)cc1. The predicted octanol–water partition coefficient (Wildman–Crippen LogP) is 3.80. The zero-order chi connectivity index (χ0) is 14.8. The van der Waals surface area contributed by atoms with Gasteiger partial charge < -0.3 is 10.6 Å². The van der Waals surface area contributed by atoms with Crippen molar-refractivity contribution in [3.05, 3.63) is 41.5 Å². The van der Waals surface area contributed by atoms with Gasteiger partial charge in [0.1, 0.15) is 0 Å². The lowest BCUT2D eigenvalue weighted by molar-refractivity contribution is -0.0943. The van der Waals surface area contributed by atoms with E-state index in [4.69, 9.17) is 5.73 Å². The first-order chi connectivity index (χ1) is 9.41. The zero-order valence-corrected chi connectivity index (χ0v) is 11.5. The van der Waals surface area contributed by atoms with Crippen LogP contribution in [0.5, 0.6) is 0 Å². The molecule has 1 aliphatic rings. The van der Waals surface area contributed by atoms with Gasteiger partial charge in [-0.1, -0.05) is 25.1 Å². The minimum atomic E-state index is -4.19. The molecule has 0 unspecified atom stereocenters. The first kappa shape index (κ1) is 14.9. The summed E-state index contributed by atoms with van der Waals surface area (Å²) < 4.78 is 37.7. The second-order valence-corrected chi connectivity index (χ2v) is 5.03. The Balaban J connectivity index is 2.06. The molecular formula is C15H19F3N2. The molecule has 110 valence electrons. The Morgan fingerprint density at radius 2 is 1.90 bits per heavy atom. The molecule has 1 aromatic rings. The van der Waals surface area contributed by atoms with Gasteiger partial charge in [-0.3, -0.25) is 0 Å². The van der Waals surface area contributed by atoms with Crippen LogP contribution in [0, 0.1) is 0 Å². The van der Waals surface area contributed by atoms with E-state index in [2.05, 4.69) is 0 Å². The van der Waals surface area contributed by atoms with Gasteiger partial charge in [-0.25, -0.2) is 0 Å². The highest BCUT2D eigenvalue weighted by Crippen LogP contribution is 2.31. The van der Waals surface area contributed by atoms with E-state index in [0.717, 1.165) is 17.7 Å². The molecule has 2 N–H and O–H groups in total. The molecule has 1 atom stereocenters. The van der Waals surface area contributed by atoms with Crippen LogP contribution >= 0.6 is 0 Å². The number of halogens is 3. The third kappa shape index (κ3) is 3.33. The molecule has 1 aromatic carbocycles.